The van der Waals surface area contributed by atoms with Crippen LogP contribution in [0.1, 0.15) is 11.4 Å². The molecule has 16 heteroatoms. The van der Waals surface area contributed by atoms with Crippen molar-refractivity contribution in [1.82, 2.24) is 4.98 Å². The lowest BCUT2D eigenvalue weighted by Gasteiger charge is -2.20. The molecule has 1 aliphatic heterocycles. The number of carboxylic acids is 1. The highest BCUT2D eigenvalue weighted by atomic mass is 32.2. The molecule has 180 valence electrons. The molecular formula is C18H12F3N3O7S3. The molecule has 1 unspecified atom stereocenters. The molecule has 4 rings (SSSR count). The Morgan fingerprint density at radius 3 is 2.65 bits per heavy atom. The van der Waals surface area contributed by atoms with E-state index in [0.29, 0.717) is 32.4 Å². The van der Waals surface area contributed by atoms with E-state index in [0.717, 1.165) is 11.3 Å². The van der Waals surface area contributed by atoms with E-state index in [4.69, 9.17) is 9.29 Å². The summed E-state index contributed by atoms with van der Waals surface area (Å²) in [5.74, 6) is -1.03. The third-order valence-corrected chi connectivity index (χ3v) is 8.39. The number of rotatable bonds is 6. The molecule has 2 aliphatic rings. The number of alkyl halides is 3. The molecule has 1 aromatic carbocycles. The Hall–Kier alpha value is -2.98. The number of carboxylic acid groups (broad SMARTS) is 1. The number of halogens is 3. The Balaban J connectivity index is 1.62. The fourth-order valence-electron chi connectivity index (χ4n) is 3.15. The average molecular weight is 536 g/mol. The summed E-state index contributed by atoms with van der Waals surface area (Å²) in [6.07, 6.45) is -4.95. The van der Waals surface area contributed by atoms with Crippen LogP contribution in [0, 0.1) is 10.1 Å². The second-order valence-corrected chi connectivity index (χ2v) is 10.6. The van der Waals surface area contributed by atoms with Gasteiger partial charge in [-0.2, -0.15) is 21.6 Å². The van der Waals surface area contributed by atoms with Crippen LogP contribution in [0.5, 0.6) is 5.75 Å². The van der Waals surface area contributed by atoms with Gasteiger partial charge >= 0.3 is 22.3 Å². The molecule has 34 heavy (non-hydrogen) atoms. The second-order valence-electron chi connectivity index (χ2n) is 7.05. The predicted molar refractivity (Wildman–Crippen MR) is 117 cm³/mol. The maximum absolute atomic E-state index is 12.9. The van der Waals surface area contributed by atoms with Crippen LogP contribution in [0.3, 0.4) is 0 Å². The van der Waals surface area contributed by atoms with Crippen molar-refractivity contribution in [2.75, 3.05) is 5.75 Å². The Morgan fingerprint density at radius 2 is 2.03 bits per heavy atom. The summed E-state index contributed by atoms with van der Waals surface area (Å²) in [5.41, 5.74) is -0.769. The van der Waals surface area contributed by atoms with Gasteiger partial charge < -0.3 is 9.29 Å². The van der Waals surface area contributed by atoms with Crippen LogP contribution in [0.2, 0.25) is 0 Å². The molecule has 1 aromatic heterocycles. The van der Waals surface area contributed by atoms with E-state index in [-0.39, 0.29) is 11.5 Å². The van der Waals surface area contributed by atoms with Gasteiger partial charge in [0.2, 0.25) is 0 Å². The van der Waals surface area contributed by atoms with Gasteiger partial charge in [0.1, 0.15) is 15.8 Å². The van der Waals surface area contributed by atoms with Crippen molar-refractivity contribution < 1.29 is 40.6 Å². The Kier molecular flexibility index (Phi) is 6.15. The molecule has 10 nitrogen and oxygen atoms in total. The van der Waals surface area contributed by atoms with E-state index >= 15 is 0 Å². The third kappa shape index (κ3) is 4.78. The summed E-state index contributed by atoms with van der Waals surface area (Å²) in [5, 5.41) is 21.2. The third-order valence-electron chi connectivity index (χ3n) is 4.78. The molecule has 1 aliphatic carbocycles. The zero-order chi connectivity index (χ0) is 24.8. The average Bonchev–Trinajstić information content (AvgIpc) is 3.39. The number of allylic oxidation sites excluding steroid dienone is 2. The molecule has 1 N–H and O–H groups in total. The van der Waals surface area contributed by atoms with Gasteiger partial charge in [0.05, 0.1) is 16.6 Å². The number of thiazole rings is 1. The van der Waals surface area contributed by atoms with Crippen molar-refractivity contribution in [2.45, 2.75) is 24.7 Å². The van der Waals surface area contributed by atoms with Crippen LogP contribution in [0.4, 0.5) is 13.2 Å². The number of aromatic nitrogens is 1. The van der Waals surface area contributed by atoms with Gasteiger partial charge in [0, 0.05) is 22.3 Å². The highest BCUT2D eigenvalue weighted by Crippen LogP contribution is 2.37. The van der Waals surface area contributed by atoms with Crippen LogP contribution in [-0.4, -0.2) is 58.5 Å². The van der Waals surface area contributed by atoms with E-state index in [1.807, 2.05) is 0 Å². The zero-order valence-corrected chi connectivity index (χ0v) is 19.0. The summed E-state index contributed by atoms with van der Waals surface area (Å²) in [6, 6.07) is 0.946. The number of aliphatic imine (C=N–C) groups is 1. The number of fused-ring (bicyclic) bond motifs is 1. The number of thioether (sulfide) groups is 1. The Bertz CT molecular complexity index is 1400. The number of hydrogen-bond acceptors (Lipinski definition) is 10. The van der Waals surface area contributed by atoms with Crippen molar-refractivity contribution in [3.8, 4) is 5.75 Å². The van der Waals surface area contributed by atoms with Crippen molar-refractivity contribution in [2.24, 2.45) is 4.99 Å². The van der Waals surface area contributed by atoms with Crippen LogP contribution in [0.25, 0.3) is 10.2 Å². The normalized spacial score (nSPS) is 21.1. The van der Waals surface area contributed by atoms with Crippen LogP contribution < -0.4 is 4.18 Å². The number of nitro groups is 1. The molecule has 0 bridgehead atoms. The quantitative estimate of drug-likeness (QED) is 0.334. The zero-order valence-electron chi connectivity index (χ0n) is 16.6. The molecule has 0 fully saturated rings. The van der Waals surface area contributed by atoms with Crippen LogP contribution >= 0.6 is 23.1 Å². The largest absolute Gasteiger partial charge is 0.480 e. The van der Waals surface area contributed by atoms with Gasteiger partial charge in [-0.05, 0) is 18.2 Å². The lowest BCUT2D eigenvalue weighted by molar-refractivity contribution is -0.510. The lowest BCUT2D eigenvalue weighted by atomic mass is 10.0. The standard InChI is InChI=1S/C18H12F3N3O7S3/c19-18(20,21)8-1-4-14(12(5-8)24(27)28)34(29,30)31-9-2-3-10-13(6-9)33-16(22-10)15-23-11(7-32-15)17(25)26/h1-4,6,11-12H,5,7H2,(H,25,26)/t11-,12?/m1/s1. The minimum Gasteiger partial charge on any atom is -0.480 e. The summed E-state index contributed by atoms with van der Waals surface area (Å²) >= 11 is 2.32. The first kappa shape index (κ1) is 24.2. The first-order valence-corrected chi connectivity index (χ1v) is 12.5. The molecular weight excluding hydrogens is 523 g/mol. The van der Waals surface area contributed by atoms with Crippen LogP contribution in [0.15, 0.2) is 45.8 Å². The molecule has 2 heterocycles. The first-order valence-electron chi connectivity index (χ1n) is 9.25. The number of aliphatic carboxylic acids is 1. The molecule has 0 saturated carbocycles. The van der Waals surface area contributed by atoms with Gasteiger partial charge in [0.15, 0.2) is 10.9 Å². The highest BCUT2D eigenvalue weighted by molar-refractivity contribution is 8.15. The van der Waals surface area contributed by atoms with Gasteiger partial charge in [0.25, 0.3) is 6.04 Å². The van der Waals surface area contributed by atoms with Gasteiger partial charge in [-0.3, -0.25) is 15.1 Å². The maximum atomic E-state index is 12.9. The van der Waals surface area contributed by atoms with E-state index in [1.165, 1.54) is 30.0 Å². The highest BCUT2D eigenvalue weighted by Gasteiger charge is 2.45. The van der Waals surface area contributed by atoms with Crippen LogP contribution in [-0.2, 0) is 14.9 Å². The second kappa shape index (κ2) is 8.66. The predicted octanol–water partition coefficient (Wildman–Crippen LogP) is 3.37. The number of benzene rings is 1. The summed E-state index contributed by atoms with van der Waals surface area (Å²) in [4.78, 5) is 28.8. The van der Waals surface area contributed by atoms with Gasteiger partial charge in [-0.25, -0.2) is 9.78 Å². The smallest absolute Gasteiger partial charge is 0.412 e. The molecule has 0 radical (unpaired) electrons. The summed E-state index contributed by atoms with van der Waals surface area (Å²) < 4.78 is 69.6. The van der Waals surface area contributed by atoms with E-state index < -0.39 is 56.2 Å². The Labute approximate surface area is 197 Å². The SMILES string of the molecule is O=C(O)[C@H]1CSC(c2nc3ccc(OS(=O)(=O)C4=CC=C(C(F)(F)F)CC4[N+](=O)[O-])cc3s2)=N1. The van der Waals surface area contributed by atoms with Gasteiger partial charge in [-0.1, -0.05) is 6.08 Å². The number of carbonyl (C=O) groups is 1. The number of nitrogens with zero attached hydrogens (tertiary/aromatic N) is 3. The molecule has 0 saturated heterocycles. The van der Waals surface area contributed by atoms with Crippen molar-refractivity contribution in [1.29, 1.82) is 0 Å². The minimum atomic E-state index is -4.83. The van der Waals surface area contributed by atoms with Crippen molar-refractivity contribution in [3.05, 3.63) is 56.0 Å². The topological polar surface area (TPSA) is 149 Å². The maximum Gasteiger partial charge on any atom is 0.412 e. The van der Waals surface area contributed by atoms with Crippen molar-refractivity contribution >= 4 is 54.4 Å². The lowest BCUT2D eigenvalue weighted by Crippen LogP contribution is -2.33. The molecule has 0 amide bonds. The van der Waals surface area contributed by atoms with Crippen molar-refractivity contribution in [3.63, 3.8) is 0 Å². The van der Waals surface area contributed by atoms with E-state index in [9.17, 15) is 36.5 Å². The fraction of sp³-hybridized carbons (Fsp3) is 0.278. The van der Waals surface area contributed by atoms with E-state index in [2.05, 4.69) is 9.98 Å². The molecule has 2 atom stereocenters. The Morgan fingerprint density at radius 1 is 1.29 bits per heavy atom. The monoisotopic (exact) mass is 535 g/mol. The number of hydrogen-bond donors (Lipinski definition) is 1. The van der Waals surface area contributed by atoms with E-state index in [1.54, 1.807) is 0 Å². The summed E-state index contributed by atoms with van der Waals surface area (Å²) in [7, 11) is -4.80. The minimum absolute atomic E-state index is 0.222. The first-order chi connectivity index (χ1) is 15.8. The fourth-order valence-corrected chi connectivity index (χ4v) is 6.43. The summed E-state index contributed by atoms with van der Waals surface area (Å²) in [6.45, 7) is 0. The molecule has 2 aromatic rings. The molecule has 0 spiro atoms. The van der Waals surface area contributed by atoms with Gasteiger partial charge in [-0.15, -0.1) is 23.1 Å².